The molecule has 0 fully saturated rings. The molecule has 2 aromatic carbocycles. The molecular weight excluding hydrogens is 344 g/mol. The molecule has 0 aliphatic carbocycles. The van der Waals surface area contributed by atoms with E-state index in [9.17, 15) is 4.79 Å². The maximum Gasteiger partial charge on any atom is 0.257 e. The van der Waals surface area contributed by atoms with E-state index < -0.39 is 0 Å². The zero-order valence-corrected chi connectivity index (χ0v) is 16.1. The number of para-hydroxylation sites is 2. The van der Waals surface area contributed by atoms with Crippen LogP contribution in [0.1, 0.15) is 42.6 Å². The van der Waals surface area contributed by atoms with E-state index in [-0.39, 0.29) is 5.91 Å². The lowest BCUT2D eigenvalue weighted by Crippen LogP contribution is -2.32. The molecule has 1 heterocycles. The molecule has 1 aromatic heterocycles. The quantitative estimate of drug-likeness (QED) is 0.501. The molecule has 5 heteroatoms. The van der Waals surface area contributed by atoms with Gasteiger partial charge in [0, 0.05) is 24.4 Å². The highest BCUT2D eigenvalue weighted by Crippen LogP contribution is 2.27. The number of rotatable bonds is 8. The number of thioether (sulfide) groups is 1. The van der Waals surface area contributed by atoms with Crippen LogP contribution in [0.2, 0.25) is 0 Å². The average Bonchev–Trinajstić information content (AvgIpc) is 3.10. The van der Waals surface area contributed by atoms with E-state index in [4.69, 9.17) is 4.42 Å². The van der Waals surface area contributed by atoms with Gasteiger partial charge in [-0.2, -0.15) is 0 Å². The lowest BCUT2D eigenvalue weighted by Gasteiger charge is -2.22. The molecule has 3 rings (SSSR count). The molecule has 4 nitrogen and oxygen atoms in total. The predicted octanol–water partition coefficient (Wildman–Crippen LogP) is 5.38. The molecule has 0 radical (unpaired) electrons. The first kappa shape index (κ1) is 18.5. The summed E-state index contributed by atoms with van der Waals surface area (Å²) >= 11 is 1.52. The number of unbranched alkanes of at least 4 members (excludes halogenated alkanes) is 1. The van der Waals surface area contributed by atoms with Crippen molar-refractivity contribution < 1.29 is 9.21 Å². The lowest BCUT2D eigenvalue weighted by atomic mass is 10.1. The van der Waals surface area contributed by atoms with E-state index in [1.54, 1.807) is 0 Å². The Hall–Kier alpha value is -2.27. The summed E-state index contributed by atoms with van der Waals surface area (Å²) in [5.74, 6) is 0.759. The minimum atomic E-state index is 0.106. The largest absolute Gasteiger partial charge is 0.431 e. The summed E-state index contributed by atoms with van der Waals surface area (Å²) in [6, 6.07) is 15.6. The first-order chi connectivity index (χ1) is 12.7. The Labute approximate surface area is 158 Å². The van der Waals surface area contributed by atoms with Crippen molar-refractivity contribution in [3.63, 3.8) is 0 Å². The second-order valence-electron chi connectivity index (χ2n) is 6.13. The van der Waals surface area contributed by atoms with Crippen LogP contribution in [-0.2, 0) is 5.75 Å². The van der Waals surface area contributed by atoms with Crippen LogP contribution in [0, 0.1) is 0 Å². The first-order valence-electron chi connectivity index (χ1n) is 9.08. The zero-order valence-electron chi connectivity index (χ0n) is 15.3. The van der Waals surface area contributed by atoms with E-state index in [0.717, 1.165) is 48.2 Å². The van der Waals surface area contributed by atoms with E-state index in [1.807, 2.05) is 60.4 Å². The monoisotopic (exact) mass is 368 g/mol. The molecular formula is C21H24N2O2S. The van der Waals surface area contributed by atoms with Gasteiger partial charge in [-0.15, -0.1) is 0 Å². The van der Waals surface area contributed by atoms with Crippen molar-refractivity contribution in [3.05, 3.63) is 59.7 Å². The third-order valence-corrected chi connectivity index (χ3v) is 5.20. The number of hydrogen-bond donors (Lipinski definition) is 0. The Morgan fingerprint density at radius 2 is 1.88 bits per heavy atom. The molecule has 0 N–H and O–H groups in total. The van der Waals surface area contributed by atoms with Gasteiger partial charge in [-0.1, -0.05) is 55.4 Å². The van der Waals surface area contributed by atoms with Gasteiger partial charge in [0.25, 0.3) is 11.1 Å². The van der Waals surface area contributed by atoms with E-state index >= 15 is 0 Å². The maximum atomic E-state index is 12.9. The van der Waals surface area contributed by atoms with Crippen LogP contribution in [0.5, 0.6) is 0 Å². The number of carbonyl (C=O) groups excluding carboxylic acids is 1. The van der Waals surface area contributed by atoms with Crippen LogP contribution in [0.3, 0.4) is 0 Å². The van der Waals surface area contributed by atoms with Gasteiger partial charge >= 0.3 is 0 Å². The summed E-state index contributed by atoms with van der Waals surface area (Å²) in [5, 5.41) is 0.631. The van der Waals surface area contributed by atoms with Crippen molar-refractivity contribution in [2.24, 2.45) is 0 Å². The number of aromatic nitrogens is 1. The minimum absolute atomic E-state index is 0.106. The number of amides is 1. The number of oxazole rings is 1. The smallest absolute Gasteiger partial charge is 0.257 e. The fourth-order valence-corrected chi connectivity index (χ4v) is 3.67. The Kier molecular flexibility index (Phi) is 6.34. The first-order valence-corrected chi connectivity index (χ1v) is 10.1. The normalized spacial score (nSPS) is 11.0. The standard InChI is InChI=1S/C21H24N2O2S/c1-3-5-14-23(4-2)20(24)17-11-7-6-10-16(17)15-26-21-22-18-12-8-9-13-19(18)25-21/h6-13H,3-5,14-15H2,1-2H3. The minimum Gasteiger partial charge on any atom is -0.431 e. The Balaban J connectivity index is 1.75. The van der Waals surface area contributed by atoms with Crippen LogP contribution in [0.25, 0.3) is 11.1 Å². The molecule has 0 unspecified atom stereocenters. The number of carbonyl (C=O) groups is 1. The second-order valence-corrected chi connectivity index (χ2v) is 7.06. The van der Waals surface area contributed by atoms with Crippen molar-refractivity contribution in [2.45, 2.75) is 37.7 Å². The van der Waals surface area contributed by atoms with Crippen molar-refractivity contribution in [2.75, 3.05) is 13.1 Å². The number of benzene rings is 2. The summed E-state index contributed by atoms with van der Waals surface area (Å²) in [6.07, 6.45) is 2.11. The summed E-state index contributed by atoms with van der Waals surface area (Å²) in [5.41, 5.74) is 3.43. The molecule has 0 bridgehead atoms. The van der Waals surface area contributed by atoms with Gasteiger partial charge in [0.2, 0.25) is 0 Å². The molecule has 1 amide bonds. The number of nitrogens with zero attached hydrogens (tertiary/aromatic N) is 2. The molecule has 26 heavy (non-hydrogen) atoms. The van der Waals surface area contributed by atoms with Crippen molar-refractivity contribution in [1.82, 2.24) is 9.88 Å². The van der Waals surface area contributed by atoms with Gasteiger partial charge in [-0.3, -0.25) is 4.79 Å². The van der Waals surface area contributed by atoms with Crippen LogP contribution in [0.4, 0.5) is 0 Å². The lowest BCUT2D eigenvalue weighted by molar-refractivity contribution is 0.0761. The molecule has 0 atom stereocenters. The summed E-state index contributed by atoms with van der Waals surface area (Å²) in [6.45, 7) is 5.70. The SMILES string of the molecule is CCCCN(CC)C(=O)c1ccccc1CSc1nc2ccccc2o1. The molecule has 0 saturated carbocycles. The van der Waals surface area contributed by atoms with Gasteiger partial charge in [-0.05, 0) is 37.1 Å². The maximum absolute atomic E-state index is 12.9. The molecule has 0 aliphatic heterocycles. The third-order valence-electron chi connectivity index (χ3n) is 4.32. The Morgan fingerprint density at radius 1 is 1.12 bits per heavy atom. The highest BCUT2D eigenvalue weighted by Gasteiger charge is 2.17. The van der Waals surface area contributed by atoms with Gasteiger partial charge < -0.3 is 9.32 Å². The fourth-order valence-electron chi connectivity index (χ4n) is 2.83. The van der Waals surface area contributed by atoms with Gasteiger partial charge in [-0.25, -0.2) is 4.98 Å². The zero-order chi connectivity index (χ0) is 18.4. The number of fused-ring (bicyclic) bond motifs is 1. The molecule has 0 aliphatic rings. The van der Waals surface area contributed by atoms with E-state index in [1.165, 1.54) is 11.8 Å². The van der Waals surface area contributed by atoms with Crippen molar-refractivity contribution in [1.29, 1.82) is 0 Å². The Morgan fingerprint density at radius 3 is 2.65 bits per heavy atom. The third kappa shape index (κ3) is 4.28. The number of hydrogen-bond acceptors (Lipinski definition) is 4. The summed E-state index contributed by atoms with van der Waals surface area (Å²) < 4.78 is 5.77. The predicted molar refractivity (Wildman–Crippen MR) is 106 cm³/mol. The fraction of sp³-hybridized carbons (Fsp3) is 0.333. The average molecular weight is 369 g/mol. The van der Waals surface area contributed by atoms with Crippen LogP contribution >= 0.6 is 11.8 Å². The van der Waals surface area contributed by atoms with Crippen LogP contribution < -0.4 is 0 Å². The van der Waals surface area contributed by atoms with E-state index in [0.29, 0.717) is 11.0 Å². The molecule has 0 spiro atoms. The van der Waals surface area contributed by atoms with Crippen molar-refractivity contribution >= 4 is 28.8 Å². The summed E-state index contributed by atoms with van der Waals surface area (Å²) in [4.78, 5) is 19.4. The van der Waals surface area contributed by atoms with Gasteiger partial charge in [0.05, 0.1) is 0 Å². The van der Waals surface area contributed by atoms with Crippen molar-refractivity contribution in [3.8, 4) is 0 Å². The highest BCUT2D eigenvalue weighted by molar-refractivity contribution is 7.98. The molecule has 0 saturated heterocycles. The van der Waals surface area contributed by atoms with E-state index in [2.05, 4.69) is 11.9 Å². The molecule has 3 aromatic rings. The molecule has 136 valence electrons. The van der Waals surface area contributed by atoms with Gasteiger partial charge in [0.15, 0.2) is 5.58 Å². The highest BCUT2D eigenvalue weighted by atomic mass is 32.2. The van der Waals surface area contributed by atoms with Crippen LogP contribution in [-0.4, -0.2) is 28.9 Å². The van der Waals surface area contributed by atoms with Gasteiger partial charge in [0.1, 0.15) is 5.52 Å². The summed E-state index contributed by atoms with van der Waals surface area (Å²) in [7, 11) is 0. The van der Waals surface area contributed by atoms with Crippen LogP contribution in [0.15, 0.2) is 58.2 Å². The second kappa shape index (κ2) is 8.90. The Bertz CT molecular complexity index is 842. The topological polar surface area (TPSA) is 46.3 Å².